The van der Waals surface area contributed by atoms with Gasteiger partial charge in [0.05, 0.1) is 25.5 Å². The average Bonchev–Trinajstić information content (AvgIpc) is 2.23. The van der Waals surface area contributed by atoms with Crippen molar-refractivity contribution >= 4 is 16.0 Å². The molecule has 7 nitrogen and oxygen atoms in total. The Morgan fingerprint density at radius 3 is 2.94 bits per heavy atom. The lowest BCUT2D eigenvalue weighted by atomic mass is 10.3. The number of nitrogens with two attached hydrogens (primary N) is 1. The summed E-state index contributed by atoms with van der Waals surface area (Å²) in [6, 6.07) is 0. The average molecular weight is 264 g/mol. The third-order valence-corrected chi connectivity index (χ3v) is 3.04. The van der Waals surface area contributed by atoms with Crippen LogP contribution in [0.2, 0.25) is 0 Å². The number of morpholine rings is 1. The number of nitrogens with one attached hydrogen (secondary N) is 1. The molecular weight excluding hydrogens is 244 g/mol. The van der Waals surface area contributed by atoms with E-state index in [-0.39, 0.29) is 12.6 Å². The van der Waals surface area contributed by atoms with E-state index < -0.39 is 10.0 Å². The molecule has 1 rings (SSSR count). The molecule has 0 aliphatic carbocycles. The van der Waals surface area contributed by atoms with Gasteiger partial charge in [-0.3, -0.25) is 4.99 Å². The van der Waals surface area contributed by atoms with E-state index >= 15 is 0 Å². The summed E-state index contributed by atoms with van der Waals surface area (Å²) in [5, 5.41) is 0. The summed E-state index contributed by atoms with van der Waals surface area (Å²) in [4.78, 5) is 6.06. The minimum Gasteiger partial charge on any atom is -0.375 e. The monoisotopic (exact) mass is 264 g/mol. The normalized spacial score (nSPS) is 22.8. The Labute approximate surface area is 102 Å². The van der Waals surface area contributed by atoms with Crippen molar-refractivity contribution in [3.05, 3.63) is 0 Å². The second-order valence-electron chi connectivity index (χ2n) is 4.03. The molecule has 3 N–H and O–H groups in total. The highest BCUT2D eigenvalue weighted by molar-refractivity contribution is 7.88. The van der Waals surface area contributed by atoms with Gasteiger partial charge in [0.25, 0.3) is 0 Å². The Balaban J connectivity index is 2.33. The molecule has 0 spiro atoms. The van der Waals surface area contributed by atoms with E-state index in [1.807, 2.05) is 11.8 Å². The molecular formula is C9H20N4O3S. The number of rotatable bonds is 4. The molecule has 1 aliphatic rings. The number of sulfonamides is 1. The van der Waals surface area contributed by atoms with Crippen LogP contribution in [0.4, 0.5) is 0 Å². The fraction of sp³-hybridized carbons (Fsp3) is 0.889. The van der Waals surface area contributed by atoms with Gasteiger partial charge in [0.15, 0.2) is 5.96 Å². The number of guanidine groups is 1. The van der Waals surface area contributed by atoms with Gasteiger partial charge >= 0.3 is 0 Å². The quantitative estimate of drug-likeness (QED) is 0.369. The number of hydrogen-bond donors (Lipinski definition) is 2. The first-order valence-electron chi connectivity index (χ1n) is 5.49. The molecule has 100 valence electrons. The van der Waals surface area contributed by atoms with Crippen LogP contribution in [-0.2, 0) is 14.8 Å². The first kappa shape index (κ1) is 14.2. The van der Waals surface area contributed by atoms with Crippen LogP contribution in [-0.4, -0.2) is 64.4 Å². The lowest BCUT2D eigenvalue weighted by Gasteiger charge is -2.31. The molecule has 1 unspecified atom stereocenters. The molecule has 0 saturated carbocycles. The highest BCUT2D eigenvalue weighted by Crippen LogP contribution is 2.03. The molecule has 1 aliphatic heterocycles. The van der Waals surface area contributed by atoms with Crippen LogP contribution in [0.15, 0.2) is 4.99 Å². The SMILES string of the molecule is CC1CN(C(N)=NCCNS(C)(=O)=O)CCO1. The van der Waals surface area contributed by atoms with Gasteiger partial charge in [0.1, 0.15) is 0 Å². The van der Waals surface area contributed by atoms with Gasteiger partial charge in [-0.1, -0.05) is 0 Å². The van der Waals surface area contributed by atoms with E-state index in [1.54, 1.807) is 0 Å². The predicted molar refractivity (Wildman–Crippen MR) is 66.3 cm³/mol. The van der Waals surface area contributed by atoms with Crippen molar-refractivity contribution in [1.82, 2.24) is 9.62 Å². The van der Waals surface area contributed by atoms with Crippen molar-refractivity contribution in [2.24, 2.45) is 10.7 Å². The molecule has 0 aromatic carbocycles. The van der Waals surface area contributed by atoms with E-state index in [0.717, 1.165) is 19.3 Å². The van der Waals surface area contributed by atoms with Crippen molar-refractivity contribution in [1.29, 1.82) is 0 Å². The van der Waals surface area contributed by atoms with Crippen molar-refractivity contribution in [2.45, 2.75) is 13.0 Å². The second kappa shape index (κ2) is 6.18. The van der Waals surface area contributed by atoms with E-state index in [1.165, 1.54) is 0 Å². The van der Waals surface area contributed by atoms with Gasteiger partial charge in [-0.05, 0) is 6.92 Å². The highest BCUT2D eigenvalue weighted by atomic mass is 32.2. The summed E-state index contributed by atoms with van der Waals surface area (Å²) in [5.74, 6) is 0.440. The lowest BCUT2D eigenvalue weighted by molar-refractivity contribution is 0.00530. The summed E-state index contributed by atoms with van der Waals surface area (Å²) in [5.41, 5.74) is 5.80. The largest absolute Gasteiger partial charge is 0.375 e. The maximum Gasteiger partial charge on any atom is 0.208 e. The highest BCUT2D eigenvalue weighted by Gasteiger charge is 2.17. The van der Waals surface area contributed by atoms with Crippen LogP contribution >= 0.6 is 0 Å². The van der Waals surface area contributed by atoms with Gasteiger partial charge in [0, 0.05) is 19.6 Å². The summed E-state index contributed by atoms with van der Waals surface area (Å²) in [7, 11) is -3.15. The van der Waals surface area contributed by atoms with Gasteiger partial charge in [-0.2, -0.15) is 0 Å². The standard InChI is InChI=1S/C9H20N4O3S/c1-8-7-13(5-6-16-8)9(10)11-3-4-12-17(2,14)15/h8,12H,3-7H2,1-2H3,(H2,10,11). The number of hydrogen-bond acceptors (Lipinski definition) is 4. The number of nitrogens with zero attached hydrogens (tertiary/aromatic N) is 2. The van der Waals surface area contributed by atoms with Gasteiger partial charge < -0.3 is 15.4 Å². The Bertz CT molecular complexity index is 368. The van der Waals surface area contributed by atoms with Gasteiger partial charge in [-0.15, -0.1) is 0 Å². The zero-order valence-electron chi connectivity index (χ0n) is 10.2. The molecule has 1 fully saturated rings. The van der Waals surface area contributed by atoms with Crippen LogP contribution in [0.3, 0.4) is 0 Å². The Morgan fingerprint density at radius 2 is 2.35 bits per heavy atom. The molecule has 17 heavy (non-hydrogen) atoms. The molecule has 1 saturated heterocycles. The zero-order chi connectivity index (χ0) is 12.9. The predicted octanol–water partition coefficient (Wildman–Crippen LogP) is -1.43. The molecule has 0 aromatic heterocycles. The van der Waals surface area contributed by atoms with Crippen LogP contribution in [0.1, 0.15) is 6.92 Å². The summed E-state index contributed by atoms with van der Waals surface area (Å²) in [6.45, 7) is 4.65. The molecule has 8 heteroatoms. The fourth-order valence-corrected chi connectivity index (χ4v) is 1.99. The summed E-state index contributed by atoms with van der Waals surface area (Å²) < 4.78 is 29.3. The minimum atomic E-state index is -3.15. The molecule has 0 amide bonds. The van der Waals surface area contributed by atoms with Crippen molar-refractivity contribution in [2.75, 3.05) is 39.0 Å². The van der Waals surface area contributed by atoms with Crippen LogP contribution in [0, 0.1) is 0 Å². The van der Waals surface area contributed by atoms with E-state index in [9.17, 15) is 8.42 Å². The molecule has 0 bridgehead atoms. The minimum absolute atomic E-state index is 0.145. The number of ether oxygens (including phenoxy) is 1. The number of aliphatic imine (C=N–C) groups is 1. The lowest BCUT2D eigenvalue weighted by Crippen LogP contribution is -2.48. The second-order valence-corrected chi connectivity index (χ2v) is 5.87. The van der Waals surface area contributed by atoms with Crippen molar-refractivity contribution in [3.63, 3.8) is 0 Å². The summed E-state index contributed by atoms with van der Waals surface area (Å²) >= 11 is 0. The molecule has 1 atom stereocenters. The smallest absolute Gasteiger partial charge is 0.208 e. The first-order chi connectivity index (χ1) is 7.88. The third-order valence-electron chi connectivity index (χ3n) is 2.31. The summed E-state index contributed by atoms with van der Waals surface area (Å²) in [6.07, 6.45) is 1.26. The maximum absolute atomic E-state index is 10.8. The Hall–Kier alpha value is -0.860. The molecule has 1 heterocycles. The van der Waals surface area contributed by atoms with Crippen LogP contribution in [0.25, 0.3) is 0 Å². The van der Waals surface area contributed by atoms with Crippen LogP contribution < -0.4 is 10.5 Å². The topological polar surface area (TPSA) is 97.0 Å². The van der Waals surface area contributed by atoms with Gasteiger partial charge in [-0.25, -0.2) is 13.1 Å². The van der Waals surface area contributed by atoms with Crippen LogP contribution in [0.5, 0.6) is 0 Å². The maximum atomic E-state index is 10.8. The van der Waals surface area contributed by atoms with E-state index in [2.05, 4.69) is 9.71 Å². The Morgan fingerprint density at radius 1 is 1.65 bits per heavy atom. The molecule has 0 radical (unpaired) electrons. The zero-order valence-corrected chi connectivity index (χ0v) is 11.0. The first-order valence-corrected chi connectivity index (χ1v) is 7.39. The van der Waals surface area contributed by atoms with Crippen molar-refractivity contribution < 1.29 is 13.2 Å². The molecule has 0 aromatic rings. The van der Waals surface area contributed by atoms with E-state index in [4.69, 9.17) is 10.5 Å². The Kier molecular flexibility index (Phi) is 5.16. The van der Waals surface area contributed by atoms with E-state index in [0.29, 0.717) is 19.1 Å². The van der Waals surface area contributed by atoms with Gasteiger partial charge in [0.2, 0.25) is 10.0 Å². The fourth-order valence-electron chi connectivity index (χ4n) is 1.53. The third kappa shape index (κ3) is 5.85. The van der Waals surface area contributed by atoms with Crippen molar-refractivity contribution in [3.8, 4) is 0 Å².